The zero-order chi connectivity index (χ0) is 12.9. The van der Waals surface area contributed by atoms with Crippen molar-refractivity contribution in [3.63, 3.8) is 0 Å². The maximum Gasteiger partial charge on any atom is 0.325 e. The fraction of sp³-hybridized carbons (Fsp3) is 0.400. The first-order chi connectivity index (χ1) is 7.88. The van der Waals surface area contributed by atoms with E-state index in [0.717, 1.165) is 0 Å². The third-order valence-electron chi connectivity index (χ3n) is 2.26. The number of rotatable bonds is 6. The van der Waals surface area contributed by atoms with Crippen LogP contribution in [0.2, 0.25) is 0 Å². The van der Waals surface area contributed by atoms with E-state index in [-0.39, 0.29) is 6.16 Å². The number of carbonyl (C=O) groups excluding carboxylic acids is 1. The minimum atomic E-state index is -3.90. The summed E-state index contributed by atoms with van der Waals surface area (Å²) in [6.45, 7) is 0.598. The highest BCUT2D eigenvalue weighted by Gasteiger charge is 2.12. The van der Waals surface area contributed by atoms with E-state index in [1.165, 1.54) is 0 Å². The maximum absolute atomic E-state index is 10.9. The Labute approximate surface area is 99.2 Å². The number of primary amides is 1. The summed E-state index contributed by atoms with van der Waals surface area (Å²) in [6.07, 6.45) is 4.38. The lowest BCUT2D eigenvalue weighted by molar-refractivity contribution is -0.697. The van der Waals surface area contributed by atoms with E-state index < -0.39 is 13.5 Å². The van der Waals surface area contributed by atoms with Gasteiger partial charge < -0.3 is 15.5 Å². The van der Waals surface area contributed by atoms with E-state index in [0.29, 0.717) is 24.9 Å². The molecule has 1 amide bonds. The van der Waals surface area contributed by atoms with Crippen molar-refractivity contribution in [2.75, 3.05) is 6.16 Å². The van der Waals surface area contributed by atoms with Crippen LogP contribution in [0.15, 0.2) is 24.5 Å². The van der Waals surface area contributed by atoms with Gasteiger partial charge in [0.15, 0.2) is 12.4 Å². The summed E-state index contributed by atoms with van der Waals surface area (Å²) in [4.78, 5) is 28.3. The number of nitrogens with two attached hydrogens (primary N) is 1. The quantitative estimate of drug-likeness (QED) is 0.381. The Kier molecular flexibility index (Phi) is 4.81. The zero-order valence-electron chi connectivity index (χ0n) is 9.32. The van der Waals surface area contributed by atoms with Crippen molar-refractivity contribution in [2.45, 2.75) is 19.4 Å². The van der Waals surface area contributed by atoms with Gasteiger partial charge in [-0.05, 0) is 12.5 Å². The lowest BCUT2D eigenvalue weighted by Gasteiger charge is -2.02. The zero-order valence-corrected chi connectivity index (χ0v) is 10.2. The van der Waals surface area contributed by atoms with E-state index in [1.807, 2.05) is 0 Å². The summed E-state index contributed by atoms with van der Waals surface area (Å²) >= 11 is 0. The topological polar surface area (TPSA) is 105 Å². The highest BCUT2D eigenvalue weighted by atomic mass is 31.2. The molecular formula is C10H16N2O4P+. The van der Waals surface area contributed by atoms with Crippen LogP contribution in [0.4, 0.5) is 0 Å². The van der Waals surface area contributed by atoms with Crippen LogP contribution in [0, 0.1) is 0 Å². The largest absolute Gasteiger partial charge is 0.365 e. The van der Waals surface area contributed by atoms with E-state index in [9.17, 15) is 9.36 Å². The monoisotopic (exact) mass is 259 g/mol. The molecule has 1 rings (SSSR count). The van der Waals surface area contributed by atoms with Gasteiger partial charge in [0.1, 0.15) is 12.1 Å². The Morgan fingerprint density at radius 1 is 1.41 bits per heavy atom. The first kappa shape index (κ1) is 13.8. The van der Waals surface area contributed by atoms with Gasteiger partial charge >= 0.3 is 7.60 Å². The normalized spacial score (nSPS) is 11.4. The number of unbranched alkanes of at least 4 members (excludes halogenated alkanes) is 1. The SMILES string of the molecule is NC(=O)c1ccc[n+](CCCCP(=O)(O)O)c1. The summed E-state index contributed by atoms with van der Waals surface area (Å²) in [5, 5.41) is 0. The van der Waals surface area contributed by atoms with Crippen LogP contribution in [0.1, 0.15) is 23.2 Å². The van der Waals surface area contributed by atoms with Gasteiger partial charge in [0.25, 0.3) is 5.91 Å². The van der Waals surface area contributed by atoms with Gasteiger partial charge in [-0.25, -0.2) is 4.57 Å². The van der Waals surface area contributed by atoms with Crippen molar-refractivity contribution in [3.05, 3.63) is 30.1 Å². The molecule has 7 heteroatoms. The van der Waals surface area contributed by atoms with E-state index >= 15 is 0 Å². The number of aryl methyl sites for hydroxylation is 1. The summed E-state index contributed by atoms with van der Waals surface area (Å²) in [7, 11) is -3.90. The molecule has 4 N–H and O–H groups in total. The van der Waals surface area contributed by atoms with Crippen molar-refractivity contribution in [1.29, 1.82) is 0 Å². The molecule has 0 aliphatic carbocycles. The Bertz CT molecular complexity index is 444. The van der Waals surface area contributed by atoms with E-state index in [2.05, 4.69) is 0 Å². The second-order valence-electron chi connectivity index (χ2n) is 3.79. The molecular weight excluding hydrogens is 243 g/mol. The molecule has 94 valence electrons. The van der Waals surface area contributed by atoms with Crippen LogP contribution >= 0.6 is 7.60 Å². The lowest BCUT2D eigenvalue weighted by Crippen LogP contribution is -2.34. The van der Waals surface area contributed by atoms with Gasteiger partial charge in [0.2, 0.25) is 0 Å². The minimum absolute atomic E-state index is 0.108. The molecule has 0 bridgehead atoms. The van der Waals surface area contributed by atoms with Gasteiger partial charge in [-0.1, -0.05) is 0 Å². The van der Waals surface area contributed by atoms with Crippen LogP contribution in [0.3, 0.4) is 0 Å². The molecule has 0 aliphatic rings. The van der Waals surface area contributed by atoms with Gasteiger partial charge in [0, 0.05) is 12.5 Å². The fourth-order valence-electron chi connectivity index (χ4n) is 1.42. The third kappa shape index (κ3) is 5.58. The Balaban J connectivity index is 2.44. The summed E-state index contributed by atoms with van der Waals surface area (Å²) in [5.74, 6) is -0.491. The molecule has 1 aromatic rings. The Morgan fingerprint density at radius 3 is 2.71 bits per heavy atom. The Hall–Kier alpha value is -1.23. The van der Waals surface area contributed by atoms with E-state index in [1.54, 1.807) is 29.1 Å². The molecule has 0 saturated carbocycles. The van der Waals surface area contributed by atoms with Crippen LogP contribution < -0.4 is 10.3 Å². The lowest BCUT2D eigenvalue weighted by atomic mass is 10.2. The van der Waals surface area contributed by atoms with Crippen LogP contribution in [-0.4, -0.2) is 21.9 Å². The summed E-state index contributed by atoms with van der Waals surface area (Å²) in [5.41, 5.74) is 5.56. The first-order valence-corrected chi connectivity index (χ1v) is 7.02. The smallest absolute Gasteiger partial charge is 0.325 e. The van der Waals surface area contributed by atoms with Crippen molar-refractivity contribution >= 4 is 13.5 Å². The Morgan fingerprint density at radius 2 is 2.12 bits per heavy atom. The molecule has 0 fully saturated rings. The molecule has 0 aromatic carbocycles. The number of hydrogen-bond acceptors (Lipinski definition) is 2. The molecule has 17 heavy (non-hydrogen) atoms. The van der Waals surface area contributed by atoms with Gasteiger partial charge in [-0.3, -0.25) is 9.36 Å². The number of hydrogen-bond donors (Lipinski definition) is 3. The molecule has 0 aliphatic heterocycles. The summed E-state index contributed by atoms with van der Waals surface area (Å²) < 4.78 is 12.4. The first-order valence-electron chi connectivity index (χ1n) is 5.22. The molecule has 1 heterocycles. The molecule has 0 saturated heterocycles. The number of amides is 1. The fourth-order valence-corrected chi connectivity index (χ4v) is 2.05. The average molecular weight is 259 g/mol. The van der Waals surface area contributed by atoms with E-state index in [4.69, 9.17) is 15.5 Å². The predicted octanol–water partition coefficient (Wildman–Crippen LogP) is 0.0309. The average Bonchev–Trinajstić information content (AvgIpc) is 2.23. The van der Waals surface area contributed by atoms with Crippen LogP contribution in [0.25, 0.3) is 0 Å². The minimum Gasteiger partial charge on any atom is -0.365 e. The number of aromatic nitrogens is 1. The third-order valence-corrected chi connectivity index (χ3v) is 3.16. The van der Waals surface area contributed by atoms with Crippen LogP contribution in [-0.2, 0) is 11.1 Å². The summed E-state index contributed by atoms with van der Waals surface area (Å²) in [6, 6.07) is 3.33. The number of nitrogens with zero attached hydrogens (tertiary/aromatic N) is 1. The maximum atomic E-state index is 10.9. The standard InChI is InChI=1S/C10H15N2O4P/c11-10(13)9-4-3-6-12(8-9)5-1-2-7-17(14,15)16/h3-4,6,8H,1-2,5,7H2,(H3-,11,13,14,15,16)/p+1. The number of carbonyl (C=O) groups is 1. The second-order valence-corrected chi connectivity index (χ2v) is 5.57. The van der Waals surface area contributed by atoms with Crippen molar-refractivity contribution in [3.8, 4) is 0 Å². The molecule has 0 radical (unpaired) electrons. The van der Waals surface area contributed by atoms with Crippen molar-refractivity contribution in [2.24, 2.45) is 5.73 Å². The second kappa shape index (κ2) is 5.91. The van der Waals surface area contributed by atoms with Crippen molar-refractivity contribution in [1.82, 2.24) is 0 Å². The number of pyridine rings is 1. The molecule has 1 aromatic heterocycles. The highest BCUT2D eigenvalue weighted by Crippen LogP contribution is 2.35. The van der Waals surface area contributed by atoms with Crippen molar-refractivity contribution < 1.29 is 23.7 Å². The molecule has 0 unspecified atom stereocenters. The molecule has 6 nitrogen and oxygen atoms in total. The molecule has 0 atom stereocenters. The van der Waals surface area contributed by atoms with Gasteiger partial charge in [-0.2, -0.15) is 0 Å². The van der Waals surface area contributed by atoms with Crippen LogP contribution in [0.5, 0.6) is 0 Å². The molecule has 0 spiro atoms. The van der Waals surface area contributed by atoms with Gasteiger partial charge in [-0.15, -0.1) is 0 Å². The predicted molar refractivity (Wildman–Crippen MR) is 61.3 cm³/mol. The highest BCUT2D eigenvalue weighted by molar-refractivity contribution is 7.51. The van der Waals surface area contributed by atoms with Gasteiger partial charge in [0.05, 0.1) is 6.16 Å².